The lowest BCUT2D eigenvalue weighted by molar-refractivity contribution is -0.383. The van der Waals surface area contributed by atoms with E-state index in [1.807, 2.05) is 0 Å². The second-order valence-corrected chi connectivity index (χ2v) is 8.89. The molecule has 7 N–H and O–H groups in total. The largest absolute Gasteiger partial charge is 0.504 e. The number of methoxy groups -OCH3 is 1. The molecule has 2 saturated heterocycles. The average Bonchev–Trinajstić information content (AvgIpc) is 3.15. The number of hydrogen-bond donors (Lipinski definition) is 7. The van der Waals surface area contributed by atoms with Gasteiger partial charge < -0.3 is 64.2 Å². The summed E-state index contributed by atoms with van der Waals surface area (Å²) >= 11 is 0. The van der Waals surface area contributed by atoms with Gasteiger partial charge >= 0.3 is 11.9 Å². The minimum absolute atomic E-state index is 0.0884. The van der Waals surface area contributed by atoms with Gasteiger partial charge in [0.2, 0.25) is 5.79 Å². The maximum atomic E-state index is 12.2. The number of aromatic hydroxyl groups is 1. The van der Waals surface area contributed by atoms with E-state index < -0.39 is 86.6 Å². The summed E-state index contributed by atoms with van der Waals surface area (Å²) in [6.45, 7) is -1.07. The SMILES string of the molecule is COc1cc(C=CC(=O)OCC2OC(CO)(OC3OC(COC(C)=O)C(O)C(O)C3O)C(O)C2O)ccc1O. The Morgan fingerprint density at radius 2 is 1.69 bits per heavy atom. The number of aliphatic hydroxyl groups excluding tert-OH is 6. The lowest BCUT2D eigenvalue weighted by atomic mass is 9.99. The molecule has 2 heterocycles. The maximum Gasteiger partial charge on any atom is 0.330 e. The molecule has 0 amide bonds. The normalized spacial score (nSPS) is 34.7. The Balaban J connectivity index is 1.64. The second kappa shape index (κ2) is 13.0. The van der Waals surface area contributed by atoms with Crippen LogP contribution in [0.3, 0.4) is 0 Å². The molecule has 0 bridgehead atoms. The van der Waals surface area contributed by atoms with Crippen LogP contribution in [0.4, 0.5) is 0 Å². The van der Waals surface area contributed by atoms with Crippen LogP contribution in [0.15, 0.2) is 24.3 Å². The molecule has 15 heteroatoms. The molecule has 1 aromatic rings. The van der Waals surface area contributed by atoms with E-state index in [0.717, 1.165) is 13.0 Å². The van der Waals surface area contributed by atoms with Crippen LogP contribution >= 0.6 is 0 Å². The van der Waals surface area contributed by atoms with Gasteiger partial charge in [0.25, 0.3) is 0 Å². The summed E-state index contributed by atoms with van der Waals surface area (Å²) in [5, 5.41) is 71.2. The molecular weight excluding hydrogens is 528 g/mol. The van der Waals surface area contributed by atoms with Gasteiger partial charge in [-0.15, -0.1) is 0 Å². The van der Waals surface area contributed by atoms with E-state index >= 15 is 0 Å². The zero-order valence-electron chi connectivity index (χ0n) is 21.0. The number of rotatable bonds is 10. The molecule has 0 aromatic heterocycles. The number of ether oxygens (including phenoxy) is 6. The van der Waals surface area contributed by atoms with E-state index in [4.69, 9.17) is 28.4 Å². The van der Waals surface area contributed by atoms with Crippen molar-refractivity contribution in [1.29, 1.82) is 0 Å². The highest BCUT2D eigenvalue weighted by Crippen LogP contribution is 2.36. The number of hydrogen-bond acceptors (Lipinski definition) is 15. The summed E-state index contributed by atoms with van der Waals surface area (Å²) in [5.74, 6) is -3.85. The summed E-state index contributed by atoms with van der Waals surface area (Å²) < 4.78 is 31.1. The zero-order valence-corrected chi connectivity index (χ0v) is 21.0. The minimum atomic E-state index is -2.39. The molecule has 9 atom stereocenters. The van der Waals surface area contributed by atoms with E-state index in [2.05, 4.69) is 0 Å². The molecule has 1 aromatic carbocycles. The Morgan fingerprint density at radius 1 is 1.00 bits per heavy atom. The molecule has 2 aliphatic heterocycles. The Bertz CT molecular complexity index is 1030. The standard InChI is InChI=1S/C24H32O15/c1-11(26)35-8-15-18(29)20(31)21(32)23(37-15)39-24(10-25)22(33)19(30)16(38-24)9-36-17(28)6-4-12-3-5-13(27)14(7-12)34-2/h3-7,15-16,18-23,25,27,29-33H,8-10H2,1-2H3. The lowest BCUT2D eigenvalue weighted by Crippen LogP contribution is -2.62. The van der Waals surface area contributed by atoms with Crippen LogP contribution in [0.25, 0.3) is 6.08 Å². The van der Waals surface area contributed by atoms with Gasteiger partial charge in [-0.05, 0) is 23.8 Å². The van der Waals surface area contributed by atoms with Crippen molar-refractivity contribution in [1.82, 2.24) is 0 Å². The molecule has 15 nitrogen and oxygen atoms in total. The van der Waals surface area contributed by atoms with Crippen LogP contribution in [0.2, 0.25) is 0 Å². The van der Waals surface area contributed by atoms with Crippen LogP contribution in [0, 0.1) is 0 Å². The highest BCUT2D eigenvalue weighted by Gasteiger charge is 2.58. The third-order valence-electron chi connectivity index (χ3n) is 6.17. The van der Waals surface area contributed by atoms with Gasteiger partial charge in [0.1, 0.15) is 62.5 Å². The molecule has 0 saturated carbocycles. The Hall–Kier alpha value is -2.86. The Morgan fingerprint density at radius 3 is 2.33 bits per heavy atom. The first kappa shape index (κ1) is 30.7. The van der Waals surface area contributed by atoms with Gasteiger partial charge in [0.05, 0.1) is 7.11 Å². The monoisotopic (exact) mass is 560 g/mol. The number of carbonyl (C=O) groups is 2. The first-order chi connectivity index (χ1) is 18.4. The predicted octanol–water partition coefficient (Wildman–Crippen LogP) is -2.85. The fraction of sp³-hybridized carbons (Fsp3) is 0.583. The molecule has 9 unspecified atom stereocenters. The minimum Gasteiger partial charge on any atom is -0.504 e. The topological polar surface area (TPSA) is 231 Å². The highest BCUT2D eigenvalue weighted by molar-refractivity contribution is 5.87. The lowest BCUT2D eigenvalue weighted by Gasteiger charge is -2.43. The predicted molar refractivity (Wildman–Crippen MR) is 126 cm³/mol. The molecule has 218 valence electrons. The van der Waals surface area contributed by atoms with Gasteiger partial charge in [0.15, 0.2) is 17.8 Å². The van der Waals surface area contributed by atoms with Gasteiger partial charge in [-0.25, -0.2) is 4.79 Å². The van der Waals surface area contributed by atoms with Crippen LogP contribution in [0.1, 0.15) is 12.5 Å². The summed E-state index contributed by atoms with van der Waals surface area (Å²) in [6.07, 6.45) is -11.2. The fourth-order valence-corrected chi connectivity index (χ4v) is 3.98. The van der Waals surface area contributed by atoms with E-state index in [1.54, 1.807) is 0 Å². The van der Waals surface area contributed by atoms with E-state index in [9.17, 15) is 45.3 Å². The maximum absolute atomic E-state index is 12.2. The molecular formula is C24H32O15. The van der Waals surface area contributed by atoms with Crippen molar-refractivity contribution in [2.75, 3.05) is 26.9 Å². The first-order valence-electron chi connectivity index (χ1n) is 11.8. The van der Waals surface area contributed by atoms with Gasteiger partial charge in [-0.3, -0.25) is 4.79 Å². The molecule has 0 radical (unpaired) electrons. The molecule has 0 spiro atoms. The van der Waals surface area contributed by atoms with Crippen molar-refractivity contribution < 1.29 is 73.8 Å². The van der Waals surface area contributed by atoms with Crippen LogP contribution in [0.5, 0.6) is 11.5 Å². The average molecular weight is 561 g/mol. The van der Waals surface area contributed by atoms with Gasteiger partial charge in [-0.2, -0.15) is 0 Å². The first-order valence-corrected chi connectivity index (χ1v) is 11.8. The number of phenolic OH excluding ortho intramolecular Hbond substituents is 1. The quantitative estimate of drug-likeness (QED) is 0.113. The van der Waals surface area contributed by atoms with Crippen molar-refractivity contribution in [2.24, 2.45) is 0 Å². The summed E-state index contributed by atoms with van der Waals surface area (Å²) in [4.78, 5) is 23.3. The summed E-state index contributed by atoms with van der Waals surface area (Å²) in [6, 6.07) is 4.36. The molecule has 2 fully saturated rings. The molecule has 0 aliphatic carbocycles. The van der Waals surface area contributed by atoms with Crippen molar-refractivity contribution in [3.05, 3.63) is 29.8 Å². The van der Waals surface area contributed by atoms with E-state index in [1.165, 1.54) is 31.4 Å². The summed E-state index contributed by atoms with van der Waals surface area (Å²) in [7, 11) is 1.36. The number of esters is 2. The molecule has 3 rings (SSSR count). The summed E-state index contributed by atoms with van der Waals surface area (Å²) in [5.41, 5.74) is 0.507. The van der Waals surface area contributed by atoms with Crippen molar-refractivity contribution in [2.45, 2.75) is 61.7 Å². The number of benzene rings is 1. The van der Waals surface area contributed by atoms with E-state index in [0.29, 0.717) is 5.56 Å². The molecule has 2 aliphatic rings. The third-order valence-corrected chi connectivity index (χ3v) is 6.17. The highest BCUT2D eigenvalue weighted by atomic mass is 16.8. The smallest absolute Gasteiger partial charge is 0.330 e. The van der Waals surface area contributed by atoms with Crippen LogP contribution in [-0.2, 0) is 33.3 Å². The molecule has 39 heavy (non-hydrogen) atoms. The van der Waals surface area contributed by atoms with Crippen molar-refractivity contribution in [3.63, 3.8) is 0 Å². The van der Waals surface area contributed by atoms with Gasteiger partial charge in [-0.1, -0.05) is 6.07 Å². The van der Waals surface area contributed by atoms with E-state index in [-0.39, 0.29) is 11.5 Å². The second-order valence-electron chi connectivity index (χ2n) is 8.89. The van der Waals surface area contributed by atoms with Crippen molar-refractivity contribution >= 4 is 18.0 Å². The zero-order chi connectivity index (χ0) is 28.9. The number of phenols is 1. The van der Waals surface area contributed by atoms with Crippen molar-refractivity contribution in [3.8, 4) is 11.5 Å². The number of aliphatic hydroxyl groups is 6. The third kappa shape index (κ3) is 7.02. The number of carbonyl (C=O) groups excluding carboxylic acids is 2. The Kier molecular flexibility index (Phi) is 10.2. The van der Waals surface area contributed by atoms with Crippen LogP contribution in [-0.4, -0.2) is 129 Å². The Labute approximate surface area is 222 Å². The van der Waals surface area contributed by atoms with Gasteiger partial charge in [0, 0.05) is 13.0 Å². The van der Waals surface area contributed by atoms with Crippen LogP contribution < -0.4 is 4.74 Å². The fourth-order valence-electron chi connectivity index (χ4n) is 3.98.